The van der Waals surface area contributed by atoms with Gasteiger partial charge in [0.15, 0.2) is 0 Å². The quantitative estimate of drug-likeness (QED) is 0.544. The fourth-order valence-electron chi connectivity index (χ4n) is 1.82. The minimum atomic E-state index is -0.196. The van der Waals surface area contributed by atoms with Crippen LogP contribution >= 0.6 is 23.4 Å². The Morgan fingerprint density at radius 3 is 2.90 bits per heavy atom. The average Bonchev–Trinajstić information content (AvgIpc) is 2.90. The SMILES string of the molecule is CSc1nc2n(Cc3ccc(Cl)nc3)ccc(=O)n2n1. The van der Waals surface area contributed by atoms with E-state index in [1.165, 1.54) is 22.3 Å². The number of thioether (sulfide) groups is 1. The molecule has 0 aliphatic rings. The molecule has 3 rings (SSSR count). The Hall–Kier alpha value is -1.86. The van der Waals surface area contributed by atoms with Crippen LogP contribution in [0.25, 0.3) is 5.78 Å². The van der Waals surface area contributed by atoms with E-state index < -0.39 is 0 Å². The van der Waals surface area contributed by atoms with Crippen LogP contribution in [-0.4, -0.2) is 30.4 Å². The zero-order valence-corrected chi connectivity index (χ0v) is 12.1. The first-order valence-electron chi connectivity index (χ1n) is 5.78. The van der Waals surface area contributed by atoms with Gasteiger partial charge >= 0.3 is 0 Å². The Labute approximate surface area is 123 Å². The molecule has 0 radical (unpaired) electrons. The minimum absolute atomic E-state index is 0.196. The molecule has 8 heteroatoms. The van der Waals surface area contributed by atoms with Crippen molar-refractivity contribution in [1.29, 1.82) is 0 Å². The Morgan fingerprint density at radius 2 is 2.20 bits per heavy atom. The summed E-state index contributed by atoms with van der Waals surface area (Å²) in [6, 6.07) is 5.08. The van der Waals surface area contributed by atoms with Gasteiger partial charge in [-0.3, -0.25) is 4.79 Å². The molecular weight excluding hydrogens is 298 g/mol. The Morgan fingerprint density at radius 1 is 1.35 bits per heavy atom. The van der Waals surface area contributed by atoms with Crippen molar-refractivity contribution in [3.63, 3.8) is 0 Å². The first kappa shape index (κ1) is 13.1. The van der Waals surface area contributed by atoms with Gasteiger partial charge in [-0.05, 0) is 17.9 Å². The van der Waals surface area contributed by atoms with Crippen molar-refractivity contribution in [2.75, 3.05) is 6.26 Å². The third-order valence-electron chi connectivity index (χ3n) is 2.76. The monoisotopic (exact) mass is 307 g/mol. The highest BCUT2D eigenvalue weighted by atomic mass is 35.5. The Kier molecular flexibility index (Phi) is 3.45. The van der Waals surface area contributed by atoms with Crippen LogP contribution in [0.4, 0.5) is 0 Å². The van der Waals surface area contributed by atoms with E-state index in [4.69, 9.17) is 11.6 Å². The summed E-state index contributed by atoms with van der Waals surface area (Å²) < 4.78 is 3.15. The maximum Gasteiger partial charge on any atom is 0.275 e. The number of hydrogen-bond acceptors (Lipinski definition) is 5. The molecule has 0 aliphatic heterocycles. The summed E-state index contributed by atoms with van der Waals surface area (Å²) in [4.78, 5) is 20.1. The number of halogens is 1. The summed E-state index contributed by atoms with van der Waals surface area (Å²) in [6.45, 7) is 0.542. The predicted molar refractivity (Wildman–Crippen MR) is 77.4 cm³/mol. The van der Waals surface area contributed by atoms with Crippen molar-refractivity contribution in [3.8, 4) is 0 Å². The Bertz CT molecular complexity index is 811. The van der Waals surface area contributed by atoms with Crippen molar-refractivity contribution in [3.05, 3.63) is 51.7 Å². The van der Waals surface area contributed by atoms with Gasteiger partial charge in [0.25, 0.3) is 5.56 Å². The first-order chi connectivity index (χ1) is 9.67. The van der Waals surface area contributed by atoms with E-state index in [-0.39, 0.29) is 5.56 Å². The van der Waals surface area contributed by atoms with Crippen LogP contribution in [0.15, 0.2) is 40.5 Å². The van der Waals surface area contributed by atoms with Gasteiger partial charge in [0.1, 0.15) is 5.15 Å². The van der Waals surface area contributed by atoms with E-state index in [1.54, 1.807) is 18.5 Å². The van der Waals surface area contributed by atoms with Crippen LogP contribution in [0.1, 0.15) is 5.56 Å². The second-order valence-electron chi connectivity index (χ2n) is 4.08. The summed E-state index contributed by atoms with van der Waals surface area (Å²) in [5.74, 6) is 0.511. The van der Waals surface area contributed by atoms with Crippen molar-refractivity contribution in [1.82, 2.24) is 24.1 Å². The lowest BCUT2D eigenvalue weighted by Crippen LogP contribution is -2.17. The highest BCUT2D eigenvalue weighted by Crippen LogP contribution is 2.11. The van der Waals surface area contributed by atoms with E-state index in [9.17, 15) is 4.79 Å². The van der Waals surface area contributed by atoms with Gasteiger partial charge in [0, 0.05) is 18.5 Å². The minimum Gasteiger partial charge on any atom is -0.312 e. The fourth-order valence-corrected chi connectivity index (χ4v) is 2.26. The maximum absolute atomic E-state index is 11.8. The number of pyridine rings is 1. The second-order valence-corrected chi connectivity index (χ2v) is 5.24. The molecule has 0 bridgehead atoms. The number of nitrogens with zero attached hydrogens (tertiary/aromatic N) is 5. The van der Waals surface area contributed by atoms with Gasteiger partial charge in [0.2, 0.25) is 10.9 Å². The number of hydrogen-bond donors (Lipinski definition) is 0. The van der Waals surface area contributed by atoms with Crippen molar-refractivity contribution < 1.29 is 0 Å². The fraction of sp³-hybridized carbons (Fsp3) is 0.167. The molecule has 6 nitrogen and oxygen atoms in total. The lowest BCUT2D eigenvalue weighted by Gasteiger charge is -2.06. The van der Waals surface area contributed by atoms with Crippen molar-refractivity contribution >= 4 is 29.1 Å². The zero-order valence-electron chi connectivity index (χ0n) is 10.5. The molecule has 20 heavy (non-hydrogen) atoms. The summed E-state index contributed by atoms with van der Waals surface area (Å²) in [5, 5.41) is 5.16. The van der Waals surface area contributed by atoms with Crippen LogP contribution < -0.4 is 5.56 Å². The van der Waals surface area contributed by atoms with Crippen LogP contribution in [0.3, 0.4) is 0 Å². The summed E-state index contributed by atoms with van der Waals surface area (Å²) >= 11 is 7.16. The summed E-state index contributed by atoms with van der Waals surface area (Å²) in [6.07, 6.45) is 5.26. The number of fused-ring (bicyclic) bond motifs is 1. The first-order valence-corrected chi connectivity index (χ1v) is 7.38. The van der Waals surface area contributed by atoms with Gasteiger partial charge in [-0.25, -0.2) is 4.98 Å². The summed E-state index contributed by atoms with van der Waals surface area (Å²) in [7, 11) is 0. The Balaban J connectivity index is 2.07. The molecule has 0 saturated heterocycles. The van der Waals surface area contributed by atoms with Crippen LogP contribution in [0.2, 0.25) is 5.15 Å². The third kappa shape index (κ3) is 2.41. The van der Waals surface area contributed by atoms with Crippen LogP contribution in [0.5, 0.6) is 0 Å². The largest absolute Gasteiger partial charge is 0.312 e. The van der Waals surface area contributed by atoms with Crippen LogP contribution in [0, 0.1) is 0 Å². The molecule has 0 aliphatic carbocycles. The third-order valence-corrected chi connectivity index (χ3v) is 3.52. The van der Waals surface area contributed by atoms with Gasteiger partial charge in [-0.1, -0.05) is 29.4 Å². The molecule has 0 unspecified atom stereocenters. The molecule has 3 aromatic heterocycles. The predicted octanol–water partition coefficient (Wildman–Crippen LogP) is 1.71. The standard InChI is InChI=1S/C12H10ClN5OS/c1-20-11-15-12-17(5-4-10(19)18(12)16-11)7-8-2-3-9(13)14-6-8/h2-6H,7H2,1H3. The molecule has 3 aromatic rings. The van der Waals surface area contributed by atoms with Crippen molar-refractivity contribution in [2.45, 2.75) is 11.7 Å². The van der Waals surface area contributed by atoms with E-state index in [0.29, 0.717) is 22.6 Å². The molecule has 0 amide bonds. The van der Waals surface area contributed by atoms with E-state index in [2.05, 4.69) is 15.1 Å². The summed E-state index contributed by atoms with van der Waals surface area (Å²) in [5.41, 5.74) is 0.770. The van der Waals surface area contributed by atoms with E-state index in [1.807, 2.05) is 16.9 Å². The molecule has 0 atom stereocenters. The topological polar surface area (TPSA) is 65.1 Å². The molecule has 0 aromatic carbocycles. The lowest BCUT2D eigenvalue weighted by molar-refractivity contribution is 0.752. The molecule has 0 spiro atoms. The lowest BCUT2D eigenvalue weighted by atomic mass is 10.3. The van der Waals surface area contributed by atoms with Gasteiger partial charge < -0.3 is 4.57 Å². The highest BCUT2D eigenvalue weighted by molar-refractivity contribution is 7.98. The average molecular weight is 308 g/mol. The molecule has 0 saturated carbocycles. The molecule has 102 valence electrons. The number of aromatic nitrogens is 5. The van der Waals surface area contributed by atoms with E-state index in [0.717, 1.165) is 5.56 Å². The van der Waals surface area contributed by atoms with Gasteiger partial charge in [-0.15, -0.1) is 5.10 Å². The second kappa shape index (κ2) is 5.26. The normalized spacial score (nSPS) is 11.1. The smallest absolute Gasteiger partial charge is 0.275 e. The highest BCUT2D eigenvalue weighted by Gasteiger charge is 2.09. The van der Waals surface area contributed by atoms with E-state index >= 15 is 0 Å². The van der Waals surface area contributed by atoms with Crippen molar-refractivity contribution in [2.24, 2.45) is 0 Å². The van der Waals surface area contributed by atoms with Gasteiger partial charge in [-0.2, -0.15) is 9.50 Å². The van der Waals surface area contributed by atoms with Gasteiger partial charge in [0.05, 0.1) is 6.54 Å². The number of rotatable bonds is 3. The molecule has 0 fully saturated rings. The molecule has 0 N–H and O–H groups in total. The molecular formula is C12H10ClN5OS. The van der Waals surface area contributed by atoms with Crippen LogP contribution in [-0.2, 0) is 6.54 Å². The molecule has 3 heterocycles. The maximum atomic E-state index is 11.8. The zero-order chi connectivity index (χ0) is 14.1.